The molecule has 8 heteroatoms. The topological polar surface area (TPSA) is 59.1 Å². The minimum absolute atomic E-state index is 0.0512. The molecule has 33 heavy (non-hydrogen) atoms. The number of nitrogens with zero attached hydrogens (tertiary/aromatic N) is 2. The third kappa shape index (κ3) is 6.91. The van der Waals surface area contributed by atoms with Crippen LogP contribution in [0.2, 0.25) is 0 Å². The van der Waals surface area contributed by atoms with Gasteiger partial charge in [0.1, 0.15) is 11.5 Å². The first-order chi connectivity index (χ1) is 15.8. The highest BCUT2D eigenvalue weighted by molar-refractivity contribution is 5.97. The van der Waals surface area contributed by atoms with Crippen LogP contribution in [-0.2, 0) is 4.79 Å². The number of hydrogen-bond donors (Lipinski definition) is 0. The van der Waals surface area contributed by atoms with Gasteiger partial charge in [-0.05, 0) is 56.0 Å². The third-order valence-electron chi connectivity index (χ3n) is 5.64. The molecule has 0 atom stereocenters. The molecule has 1 heterocycles. The number of ether oxygens (including phenoxy) is 2. The van der Waals surface area contributed by atoms with E-state index in [0.29, 0.717) is 39.2 Å². The number of hydrogen-bond acceptors (Lipinski definition) is 4. The molecule has 0 N–H and O–H groups in total. The average molecular weight is 461 g/mol. The van der Waals surface area contributed by atoms with Gasteiger partial charge in [-0.3, -0.25) is 9.59 Å². The van der Waals surface area contributed by atoms with Gasteiger partial charge in [-0.1, -0.05) is 24.3 Å². The number of para-hydroxylation sites is 1. The van der Waals surface area contributed by atoms with Crippen LogP contribution in [0.4, 0.5) is 8.78 Å². The van der Waals surface area contributed by atoms with Crippen LogP contribution in [0, 0.1) is 13.8 Å². The van der Waals surface area contributed by atoms with Gasteiger partial charge in [-0.2, -0.15) is 8.78 Å². The molecule has 0 radical (unpaired) electrons. The van der Waals surface area contributed by atoms with Gasteiger partial charge in [0.05, 0.1) is 12.2 Å². The van der Waals surface area contributed by atoms with E-state index in [9.17, 15) is 18.4 Å². The van der Waals surface area contributed by atoms with E-state index in [-0.39, 0.29) is 23.1 Å². The van der Waals surface area contributed by atoms with Crippen molar-refractivity contribution in [3.63, 3.8) is 0 Å². The predicted octanol–water partition coefficient (Wildman–Crippen LogP) is 4.44. The lowest BCUT2D eigenvalue weighted by Gasteiger charge is -2.35. The number of piperazine rings is 1. The van der Waals surface area contributed by atoms with E-state index in [1.165, 1.54) is 18.2 Å². The van der Waals surface area contributed by atoms with Gasteiger partial charge in [0.15, 0.2) is 0 Å². The zero-order valence-electron chi connectivity index (χ0n) is 19.1. The Hall–Kier alpha value is -3.16. The lowest BCUT2D eigenvalue weighted by Crippen LogP contribution is -2.50. The van der Waals surface area contributed by atoms with Crippen molar-refractivity contribution in [1.29, 1.82) is 0 Å². The number of halogens is 2. The molecule has 178 valence electrons. The maximum atomic E-state index is 12.8. The summed E-state index contributed by atoms with van der Waals surface area (Å²) in [6, 6.07) is 12.1. The molecule has 0 saturated carbocycles. The highest BCUT2D eigenvalue weighted by atomic mass is 19.3. The van der Waals surface area contributed by atoms with E-state index >= 15 is 0 Å². The summed E-state index contributed by atoms with van der Waals surface area (Å²) in [5, 5.41) is 0. The average Bonchev–Trinajstić information content (AvgIpc) is 2.80. The number of amides is 2. The number of carbonyl (C=O) groups is 2. The summed E-state index contributed by atoms with van der Waals surface area (Å²) in [6.45, 7) is 3.12. The fraction of sp³-hybridized carbons (Fsp3) is 0.440. The molecule has 2 aromatic carbocycles. The highest BCUT2D eigenvalue weighted by Crippen LogP contribution is 2.23. The van der Waals surface area contributed by atoms with Crippen molar-refractivity contribution in [2.75, 3.05) is 32.8 Å². The SMILES string of the molecule is Cc1ccc(C)c(OCCCCC(=O)N2CCN(C(=O)c3ccccc3OC(F)F)CC2)c1. The Morgan fingerprint density at radius 3 is 2.36 bits per heavy atom. The second-order valence-electron chi connectivity index (χ2n) is 8.12. The van der Waals surface area contributed by atoms with E-state index in [1.54, 1.807) is 15.9 Å². The van der Waals surface area contributed by atoms with Crippen molar-refractivity contribution in [3.8, 4) is 11.5 Å². The number of carbonyl (C=O) groups excluding carboxylic acids is 2. The minimum Gasteiger partial charge on any atom is -0.493 e. The van der Waals surface area contributed by atoms with Crippen LogP contribution in [0.1, 0.15) is 40.7 Å². The normalized spacial score (nSPS) is 13.8. The van der Waals surface area contributed by atoms with Crippen LogP contribution >= 0.6 is 0 Å². The van der Waals surface area contributed by atoms with Gasteiger partial charge in [0, 0.05) is 32.6 Å². The Morgan fingerprint density at radius 2 is 1.64 bits per heavy atom. The largest absolute Gasteiger partial charge is 0.493 e. The Kier molecular flexibility index (Phi) is 8.63. The standard InChI is InChI=1S/C25H30F2N2O4/c1-18-10-11-19(2)22(17-18)32-16-6-5-9-23(30)28-12-14-29(15-13-28)24(31)20-7-3-4-8-21(20)33-25(26)27/h3-4,7-8,10-11,17,25H,5-6,9,12-16H2,1-2H3. The molecule has 0 unspecified atom stereocenters. The van der Waals surface area contributed by atoms with Crippen LogP contribution in [0.5, 0.6) is 11.5 Å². The Bertz CT molecular complexity index is 959. The second-order valence-corrected chi connectivity index (χ2v) is 8.12. The van der Waals surface area contributed by atoms with Gasteiger partial charge in [-0.25, -0.2) is 0 Å². The molecule has 1 aliphatic rings. The summed E-state index contributed by atoms with van der Waals surface area (Å²) in [5.41, 5.74) is 2.34. The smallest absolute Gasteiger partial charge is 0.387 e. The molecule has 1 fully saturated rings. The third-order valence-corrected chi connectivity index (χ3v) is 5.64. The summed E-state index contributed by atoms with van der Waals surface area (Å²) in [7, 11) is 0. The number of rotatable bonds is 9. The maximum Gasteiger partial charge on any atom is 0.387 e. The highest BCUT2D eigenvalue weighted by Gasteiger charge is 2.26. The van der Waals surface area contributed by atoms with Gasteiger partial charge in [-0.15, -0.1) is 0 Å². The predicted molar refractivity (Wildman–Crippen MR) is 121 cm³/mol. The maximum absolute atomic E-state index is 12.8. The van der Waals surface area contributed by atoms with Crippen molar-refractivity contribution in [2.24, 2.45) is 0 Å². The second kappa shape index (κ2) is 11.6. The van der Waals surface area contributed by atoms with E-state index in [4.69, 9.17) is 4.74 Å². The molecule has 0 aliphatic carbocycles. The van der Waals surface area contributed by atoms with E-state index in [0.717, 1.165) is 29.7 Å². The van der Waals surface area contributed by atoms with Gasteiger partial charge in [0.2, 0.25) is 5.91 Å². The van der Waals surface area contributed by atoms with E-state index < -0.39 is 6.61 Å². The molecule has 3 rings (SSSR count). The summed E-state index contributed by atoms with van der Waals surface area (Å²) in [6.07, 6.45) is 1.93. The lowest BCUT2D eigenvalue weighted by molar-refractivity contribution is -0.132. The Balaban J connectivity index is 1.40. The van der Waals surface area contributed by atoms with Crippen LogP contribution in [0.3, 0.4) is 0 Å². The molecule has 0 aromatic heterocycles. The zero-order chi connectivity index (χ0) is 23.8. The molecule has 2 aromatic rings. The molecule has 1 saturated heterocycles. The molecule has 0 spiro atoms. The quantitative estimate of drug-likeness (QED) is 0.519. The molecule has 6 nitrogen and oxygen atoms in total. The summed E-state index contributed by atoms with van der Waals surface area (Å²) in [4.78, 5) is 28.6. The number of alkyl halides is 2. The van der Waals surface area contributed by atoms with Gasteiger partial charge < -0.3 is 19.3 Å². The minimum atomic E-state index is -3.00. The Labute approximate surface area is 193 Å². The molecular formula is C25H30F2N2O4. The fourth-order valence-corrected chi connectivity index (χ4v) is 3.75. The van der Waals surface area contributed by atoms with E-state index in [1.807, 2.05) is 32.0 Å². The molecular weight excluding hydrogens is 430 g/mol. The first-order valence-corrected chi connectivity index (χ1v) is 11.2. The van der Waals surface area contributed by atoms with Crippen molar-refractivity contribution >= 4 is 11.8 Å². The first kappa shape index (κ1) is 24.5. The van der Waals surface area contributed by atoms with Crippen LogP contribution in [0.15, 0.2) is 42.5 Å². The van der Waals surface area contributed by atoms with Crippen molar-refractivity contribution in [1.82, 2.24) is 9.80 Å². The lowest BCUT2D eigenvalue weighted by atomic mass is 10.1. The molecule has 0 bridgehead atoms. The summed E-state index contributed by atoms with van der Waals surface area (Å²) < 4.78 is 35.5. The zero-order valence-corrected chi connectivity index (χ0v) is 19.1. The fourth-order valence-electron chi connectivity index (χ4n) is 3.75. The summed E-state index contributed by atoms with van der Waals surface area (Å²) >= 11 is 0. The molecule has 1 aliphatic heterocycles. The van der Waals surface area contributed by atoms with Gasteiger partial charge >= 0.3 is 6.61 Å². The molecule has 2 amide bonds. The van der Waals surface area contributed by atoms with Crippen molar-refractivity contribution in [2.45, 2.75) is 39.7 Å². The van der Waals surface area contributed by atoms with Crippen LogP contribution in [0.25, 0.3) is 0 Å². The number of unbranched alkanes of at least 4 members (excludes halogenated alkanes) is 1. The van der Waals surface area contributed by atoms with Crippen LogP contribution in [-0.4, -0.2) is 61.0 Å². The first-order valence-electron chi connectivity index (χ1n) is 11.2. The number of aryl methyl sites for hydroxylation is 2. The monoisotopic (exact) mass is 460 g/mol. The van der Waals surface area contributed by atoms with Crippen molar-refractivity contribution < 1.29 is 27.8 Å². The summed E-state index contributed by atoms with van der Waals surface area (Å²) in [5.74, 6) is 0.416. The van der Waals surface area contributed by atoms with Gasteiger partial charge in [0.25, 0.3) is 5.91 Å². The number of benzene rings is 2. The van der Waals surface area contributed by atoms with Crippen LogP contribution < -0.4 is 9.47 Å². The van der Waals surface area contributed by atoms with Crippen molar-refractivity contribution in [3.05, 3.63) is 59.2 Å². The van der Waals surface area contributed by atoms with E-state index in [2.05, 4.69) is 4.74 Å². The Morgan fingerprint density at radius 1 is 0.939 bits per heavy atom.